The fraction of sp³-hybridized carbons (Fsp3) is 0.483. The highest BCUT2D eigenvalue weighted by atomic mass is 32.1. The molecule has 1 unspecified atom stereocenters. The lowest BCUT2D eigenvalue weighted by Crippen LogP contribution is -2.59. The van der Waals surface area contributed by atoms with Gasteiger partial charge in [0.15, 0.2) is 5.13 Å². The Balaban J connectivity index is 1.18. The van der Waals surface area contributed by atoms with Crippen molar-refractivity contribution in [3.8, 4) is 0 Å². The third kappa shape index (κ3) is 5.28. The van der Waals surface area contributed by atoms with Gasteiger partial charge >= 0.3 is 0 Å². The van der Waals surface area contributed by atoms with Crippen molar-refractivity contribution in [1.29, 1.82) is 0 Å². The number of piperidine rings is 1. The fourth-order valence-electron chi connectivity index (χ4n) is 5.83. The van der Waals surface area contributed by atoms with Crippen LogP contribution in [-0.2, 0) is 11.2 Å². The number of alkyl halides is 3. The first-order valence-corrected chi connectivity index (χ1v) is 14.7. The lowest BCUT2D eigenvalue weighted by molar-refractivity contribution is -0.151. The van der Waals surface area contributed by atoms with Crippen LogP contribution in [0.5, 0.6) is 0 Å². The molecule has 40 heavy (non-hydrogen) atoms. The van der Waals surface area contributed by atoms with Crippen LogP contribution >= 0.6 is 11.3 Å². The summed E-state index contributed by atoms with van der Waals surface area (Å²) in [6.45, 7) is 2.75. The molecule has 0 saturated carbocycles. The Morgan fingerprint density at radius 1 is 1.20 bits per heavy atom. The van der Waals surface area contributed by atoms with E-state index in [2.05, 4.69) is 28.5 Å². The average molecular weight is 571 g/mol. The van der Waals surface area contributed by atoms with Gasteiger partial charge in [-0.1, -0.05) is 25.1 Å². The van der Waals surface area contributed by atoms with Crippen LogP contribution in [0.25, 0.3) is 11.2 Å². The number of imidazole rings is 1. The van der Waals surface area contributed by atoms with Crippen LogP contribution in [0.15, 0.2) is 41.9 Å². The molecule has 0 spiro atoms. The van der Waals surface area contributed by atoms with Crippen molar-refractivity contribution in [3.05, 3.63) is 58.9 Å². The first-order valence-electron chi connectivity index (χ1n) is 13.8. The second-order valence-corrected chi connectivity index (χ2v) is 11.8. The molecule has 3 aromatic heterocycles. The van der Waals surface area contributed by atoms with Crippen molar-refractivity contribution in [2.75, 3.05) is 44.7 Å². The minimum Gasteiger partial charge on any atom is -0.342 e. The molecule has 3 aromatic rings. The number of anilines is 2. The number of thiazole rings is 1. The number of hydrogen-bond acceptors (Lipinski definition) is 6. The van der Waals surface area contributed by atoms with Gasteiger partial charge in [-0.25, -0.2) is 23.1 Å². The number of nitrogens with zero attached hydrogens (tertiary/aromatic N) is 6. The van der Waals surface area contributed by atoms with Gasteiger partial charge in [-0.2, -0.15) is 0 Å². The molecule has 0 aromatic carbocycles. The van der Waals surface area contributed by atoms with Gasteiger partial charge in [0.25, 0.3) is 5.92 Å². The van der Waals surface area contributed by atoms with Gasteiger partial charge in [-0.05, 0) is 48.5 Å². The highest BCUT2D eigenvalue weighted by Gasteiger charge is 2.44. The number of aromatic nitrogens is 3. The Kier molecular flexibility index (Phi) is 7.20. The fourth-order valence-corrected chi connectivity index (χ4v) is 6.63. The van der Waals surface area contributed by atoms with E-state index < -0.39 is 12.1 Å². The number of fused-ring (bicyclic) bond motifs is 1. The number of aryl methyl sites for hydroxylation is 1. The molecule has 212 valence electrons. The Labute approximate surface area is 235 Å². The van der Waals surface area contributed by atoms with Gasteiger partial charge < -0.3 is 9.80 Å². The van der Waals surface area contributed by atoms with E-state index in [1.54, 1.807) is 23.5 Å². The predicted octanol–water partition coefficient (Wildman–Crippen LogP) is 5.46. The molecule has 5 heterocycles. The van der Waals surface area contributed by atoms with E-state index in [4.69, 9.17) is 9.97 Å². The van der Waals surface area contributed by atoms with Gasteiger partial charge in [-0.3, -0.25) is 14.1 Å². The maximum absolute atomic E-state index is 13.5. The van der Waals surface area contributed by atoms with Gasteiger partial charge in [0, 0.05) is 38.1 Å². The topological polar surface area (TPSA) is 57.0 Å². The molecule has 7 nitrogen and oxygen atoms in total. The Hall–Kier alpha value is -3.18. The minimum atomic E-state index is -2.66. The van der Waals surface area contributed by atoms with Crippen molar-refractivity contribution in [2.45, 2.75) is 50.6 Å². The van der Waals surface area contributed by atoms with Crippen LogP contribution in [0.2, 0.25) is 0 Å². The molecular formula is C29H33F3N6OS. The van der Waals surface area contributed by atoms with Crippen LogP contribution in [0.1, 0.15) is 49.1 Å². The number of hydrogen-bond donors (Lipinski definition) is 0. The van der Waals surface area contributed by atoms with Gasteiger partial charge in [0.2, 0.25) is 5.91 Å². The summed E-state index contributed by atoms with van der Waals surface area (Å²) in [7, 11) is 2.00. The van der Waals surface area contributed by atoms with Crippen molar-refractivity contribution < 1.29 is 18.0 Å². The van der Waals surface area contributed by atoms with Crippen molar-refractivity contribution in [2.24, 2.45) is 0 Å². The molecular weight excluding hydrogens is 537 g/mol. The standard InChI is InChI=1S/C29H33F3N6OS/c1-3-23-27(35(2)28-34-24(16-40-28)20-4-7-22(30)8-5-20)38-14-21(6-9-25(38)33-23)19-10-12-37(13-11-19)26(39)15-36-17-29(31,32)18-36/h4-7,9,14,16,19,22H,3,8,10-13,15,17-18H2,1-2H3. The number of allylic oxidation sites excluding steroid dienone is 4. The minimum absolute atomic E-state index is 0.0673. The number of carbonyl (C=O) groups excluding carboxylic acids is 1. The molecule has 2 saturated heterocycles. The van der Waals surface area contributed by atoms with Gasteiger partial charge in [-0.15, -0.1) is 11.3 Å². The van der Waals surface area contributed by atoms with Crippen LogP contribution in [-0.4, -0.2) is 81.9 Å². The number of amides is 1. The quantitative estimate of drug-likeness (QED) is 0.378. The number of likely N-dealkylation sites (tertiary alicyclic amines) is 2. The van der Waals surface area contributed by atoms with Crippen molar-refractivity contribution in [1.82, 2.24) is 24.2 Å². The zero-order chi connectivity index (χ0) is 28.0. The molecule has 1 aliphatic carbocycles. The smallest absolute Gasteiger partial charge is 0.272 e. The first kappa shape index (κ1) is 27.0. The first-order chi connectivity index (χ1) is 19.2. The van der Waals surface area contributed by atoms with E-state index in [1.165, 1.54) is 10.5 Å². The zero-order valence-corrected chi connectivity index (χ0v) is 23.5. The maximum atomic E-state index is 13.5. The van der Waals surface area contributed by atoms with Crippen molar-refractivity contribution in [3.63, 3.8) is 0 Å². The molecule has 2 aliphatic heterocycles. The number of halogens is 3. The third-order valence-electron chi connectivity index (χ3n) is 8.05. The van der Waals surface area contributed by atoms with E-state index >= 15 is 0 Å². The van der Waals surface area contributed by atoms with Gasteiger partial charge in [0.05, 0.1) is 31.0 Å². The van der Waals surface area contributed by atoms with Crippen molar-refractivity contribution >= 4 is 39.4 Å². The van der Waals surface area contributed by atoms with E-state index in [0.29, 0.717) is 25.4 Å². The van der Waals surface area contributed by atoms with E-state index in [9.17, 15) is 18.0 Å². The summed E-state index contributed by atoms with van der Waals surface area (Å²) in [4.78, 5) is 27.8. The lowest BCUT2D eigenvalue weighted by atomic mass is 9.90. The molecule has 0 radical (unpaired) electrons. The molecule has 6 rings (SSSR count). The van der Waals surface area contributed by atoms with Crippen LogP contribution in [0, 0.1) is 0 Å². The summed E-state index contributed by atoms with van der Waals surface area (Å²) in [5.74, 6) is -1.46. The maximum Gasteiger partial charge on any atom is 0.272 e. The monoisotopic (exact) mass is 570 g/mol. The SMILES string of the molecule is CCc1nc2ccc(C3CCN(C(=O)CN4CC(F)(F)C4)CC3)cn2c1N(C)c1nc(C2=CCC(F)C=C2)cs1. The molecule has 0 N–H and O–H groups in total. The zero-order valence-electron chi connectivity index (χ0n) is 22.7. The van der Waals surface area contributed by atoms with E-state index in [0.717, 1.165) is 52.8 Å². The average Bonchev–Trinajstić information content (AvgIpc) is 3.57. The Morgan fingerprint density at radius 2 is 1.98 bits per heavy atom. The summed E-state index contributed by atoms with van der Waals surface area (Å²) >= 11 is 1.55. The number of carbonyl (C=O) groups is 1. The largest absolute Gasteiger partial charge is 0.342 e. The van der Waals surface area contributed by atoms with E-state index in [-0.39, 0.29) is 25.5 Å². The third-order valence-corrected chi connectivity index (χ3v) is 8.97. The van der Waals surface area contributed by atoms with Gasteiger partial charge in [0.1, 0.15) is 17.6 Å². The Morgan fingerprint density at radius 3 is 2.65 bits per heavy atom. The molecule has 1 atom stereocenters. The second-order valence-electron chi connectivity index (χ2n) is 10.9. The highest BCUT2D eigenvalue weighted by molar-refractivity contribution is 7.13. The summed E-state index contributed by atoms with van der Waals surface area (Å²) in [6, 6.07) is 4.17. The summed E-state index contributed by atoms with van der Waals surface area (Å²) in [5, 5.41) is 2.84. The summed E-state index contributed by atoms with van der Waals surface area (Å²) < 4.78 is 41.9. The Bertz CT molecular complexity index is 1460. The second kappa shape index (κ2) is 10.7. The van der Waals surface area contributed by atoms with Crippen LogP contribution in [0.4, 0.5) is 24.1 Å². The van der Waals surface area contributed by atoms with Crippen LogP contribution in [0.3, 0.4) is 0 Å². The molecule has 0 bridgehead atoms. The van der Waals surface area contributed by atoms with E-state index in [1.807, 2.05) is 29.5 Å². The summed E-state index contributed by atoms with van der Waals surface area (Å²) in [6.07, 6.45) is 9.28. The number of rotatable bonds is 7. The molecule has 1 amide bonds. The molecule has 2 fully saturated rings. The normalized spacial score (nSPS) is 21.5. The molecule has 11 heteroatoms. The number of pyridine rings is 1. The highest BCUT2D eigenvalue weighted by Crippen LogP contribution is 2.35. The van der Waals surface area contributed by atoms with Crippen LogP contribution < -0.4 is 4.90 Å². The molecule has 3 aliphatic rings. The summed E-state index contributed by atoms with van der Waals surface area (Å²) in [5.41, 5.74) is 4.81. The lowest BCUT2D eigenvalue weighted by Gasteiger charge is -2.40. The predicted molar refractivity (Wildman–Crippen MR) is 151 cm³/mol.